The average molecular weight is 668 g/mol. The molecule has 1 aromatic carbocycles. The first-order valence-electron chi connectivity index (χ1n) is 15.0. The molecule has 17 heteroatoms. The van der Waals surface area contributed by atoms with Crippen LogP contribution in [0.3, 0.4) is 0 Å². The highest BCUT2D eigenvalue weighted by molar-refractivity contribution is 5.96. The van der Waals surface area contributed by atoms with Gasteiger partial charge in [-0.2, -0.15) is 0 Å². The Labute approximate surface area is 272 Å². The molecule has 47 heavy (non-hydrogen) atoms. The molecule has 0 aliphatic rings. The lowest BCUT2D eigenvalue weighted by atomic mass is 10.0. The van der Waals surface area contributed by atoms with Crippen molar-refractivity contribution in [2.24, 2.45) is 5.73 Å². The fourth-order valence-electron chi connectivity index (χ4n) is 4.39. The highest BCUT2D eigenvalue weighted by atomic mass is 16.4. The second-order valence-corrected chi connectivity index (χ2v) is 12.3. The van der Waals surface area contributed by atoms with E-state index < -0.39 is 90.7 Å². The summed E-state index contributed by atoms with van der Waals surface area (Å²) in [4.78, 5) is 86.2. The van der Waals surface area contributed by atoms with Gasteiger partial charge in [-0.25, -0.2) is 4.79 Å². The SMILES string of the molecule is C[C@@H](O)[C@H](NC(=O)[C@H](CCCC[N+](C)(C)C)NC(=O)[C@H](Cc1ccccc1)NC(=O)[C@@H](N)CC(=O)O)C(=O)N[C@@H](CC(=O)O)C(=O)O. The molecule has 0 unspecified atom stereocenters. The van der Waals surface area contributed by atoms with Crippen LogP contribution in [0.25, 0.3) is 0 Å². The van der Waals surface area contributed by atoms with Gasteiger partial charge in [0.1, 0.15) is 24.2 Å². The zero-order chi connectivity index (χ0) is 35.9. The zero-order valence-corrected chi connectivity index (χ0v) is 27.0. The number of nitrogens with two attached hydrogens (primary N) is 1. The number of aliphatic hydroxyl groups excluding tert-OH is 1. The van der Waals surface area contributed by atoms with Crippen molar-refractivity contribution in [2.75, 3.05) is 27.7 Å². The maximum atomic E-state index is 13.6. The number of quaternary nitrogens is 1. The smallest absolute Gasteiger partial charge is 0.326 e. The lowest BCUT2D eigenvalue weighted by Crippen LogP contribution is -2.60. The molecule has 0 saturated heterocycles. The molecule has 0 heterocycles. The van der Waals surface area contributed by atoms with Crippen LogP contribution in [0.2, 0.25) is 0 Å². The molecule has 4 amide bonds. The van der Waals surface area contributed by atoms with E-state index in [4.69, 9.17) is 15.9 Å². The summed E-state index contributed by atoms with van der Waals surface area (Å²) >= 11 is 0. The molecule has 6 atom stereocenters. The van der Waals surface area contributed by atoms with Gasteiger partial charge in [0.15, 0.2) is 0 Å². The largest absolute Gasteiger partial charge is 0.481 e. The molecule has 0 spiro atoms. The minimum absolute atomic E-state index is 0.0487. The Balaban J connectivity index is 3.29. The number of benzene rings is 1. The number of hydrogen-bond donors (Lipinski definition) is 9. The van der Waals surface area contributed by atoms with E-state index in [9.17, 15) is 43.8 Å². The predicted molar refractivity (Wildman–Crippen MR) is 166 cm³/mol. The second-order valence-electron chi connectivity index (χ2n) is 12.3. The third-order valence-electron chi connectivity index (χ3n) is 6.91. The summed E-state index contributed by atoms with van der Waals surface area (Å²) in [5, 5.41) is 46.9. The van der Waals surface area contributed by atoms with Gasteiger partial charge in [0, 0.05) is 6.42 Å². The molecule has 10 N–H and O–H groups in total. The van der Waals surface area contributed by atoms with Crippen LogP contribution in [0.15, 0.2) is 30.3 Å². The van der Waals surface area contributed by atoms with E-state index in [2.05, 4.69) is 16.0 Å². The van der Waals surface area contributed by atoms with Gasteiger partial charge in [-0.15, -0.1) is 0 Å². The van der Waals surface area contributed by atoms with E-state index in [1.54, 1.807) is 30.3 Å². The molecule has 0 fully saturated rings. The summed E-state index contributed by atoms with van der Waals surface area (Å²) in [6, 6.07) is 0.906. The number of hydrogen-bond acceptors (Lipinski definition) is 9. The van der Waals surface area contributed by atoms with Gasteiger partial charge in [-0.3, -0.25) is 28.8 Å². The maximum Gasteiger partial charge on any atom is 0.326 e. The van der Waals surface area contributed by atoms with Crippen molar-refractivity contribution in [1.29, 1.82) is 0 Å². The Hall–Kier alpha value is -4.61. The summed E-state index contributed by atoms with van der Waals surface area (Å²) in [5.41, 5.74) is 6.32. The summed E-state index contributed by atoms with van der Waals surface area (Å²) < 4.78 is 0.621. The number of aliphatic carboxylic acids is 3. The fraction of sp³-hybridized carbons (Fsp3) is 0.567. The molecule has 17 nitrogen and oxygen atoms in total. The first-order valence-corrected chi connectivity index (χ1v) is 15.0. The number of carbonyl (C=O) groups is 7. The number of rotatable bonds is 21. The predicted octanol–water partition coefficient (Wildman–Crippen LogP) is -2.21. The van der Waals surface area contributed by atoms with E-state index in [1.807, 2.05) is 26.5 Å². The van der Waals surface area contributed by atoms with Gasteiger partial charge in [0.05, 0.1) is 52.7 Å². The maximum absolute atomic E-state index is 13.6. The van der Waals surface area contributed by atoms with Gasteiger partial charge in [-0.1, -0.05) is 30.3 Å². The van der Waals surface area contributed by atoms with Gasteiger partial charge in [0.2, 0.25) is 23.6 Å². The molecule has 0 radical (unpaired) electrons. The number of carboxylic acids is 3. The average Bonchev–Trinajstić information content (AvgIpc) is 2.95. The van der Waals surface area contributed by atoms with E-state index in [1.165, 1.54) is 0 Å². The topological polar surface area (TPSA) is 275 Å². The number of carbonyl (C=O) groups excluding carboxylic acids is 4. The molecular weight excluding hydrogens is 620 g/mol. The van der Waals surface area contributed by atoms with Gasteiger partial charge in [-0.05, 0) is 31.7 Å². The summed E-state index contributed by atoms with van der Waals surface area (Å²) in [5.74, 6) is -8.28. The van der Waals surface area contributed by atoms with Gasteiger partial charge in [0.25, 0.3) is 0 Å². The Morgan fingerprint density at radius 3 is 1.77 bits per heavy atom. The Kier molecular flexibility index (Phi) is 16.5. The number of carboxylic acid groups (broad SMARTS) is 3. The standard InChI is InChI=1S/C30H46N6O11/c1-17(37)25(29(45)34-22(30(46)47)16-24(40)41)35-27(43)20(12-8-9-13-36(2,3)4)32-28(44)21(14-18-10-6-5-7-11-18)33-26(42)19(31)15-23(38)39/h5-7,10-11,17,19-22,25,37H,8-9,12-16,31H2,1-4H3,(H6-,32,33,34,35,38,39,40,41,42,43,44,45,46,47)/p+1/t17-,19+,20+,21+,22+,25+/m1/s1. The van der Waals surface area contributed by atoms with Crippen LogP contribution in [-0.2, 0) is 40.0 Å². The quantitative estimate of drug-likeness (QED) is 0.0499. The van der Waals surface area contributed by atoms with Crippen LogP contribution in [0.1, 0.15) is 44.6 Å². The van der Waals surface area contributed by atoms with Crippen molar-refractivity contribution >= 4 is 41.5 Å². The molecule has 1 aromatic rings. The van der Waals surface area contributed by atoms with Gasteiger partial charge >= 0.3 is 17.9 Å². The monoisotopic (exact) mass is 667 g/mol. The second kappa shape index (κ2) is 19.1. The highest BCUT2D eigenvalue weighted by Gasteiger charge is 2.34. The molecule has 0 aliphatic heterocycles. The minimum atomic E-state index is -1.85. The third-order valence-corrected chi connectivity index (χ3v) is 6.91. The third kappa shape index (κ3) is 16.0. The number of unbranched alkanes of at least 4 members (excludes halogenated alkanes) is 1. The van der Waals surface area contributed by atoms with Crippen molar-refractivity contribution in [1.82, 2.24) is 21.3 Å². The van der Waals surface area contributed by atoms with Gasteiger partial charge < -0.3 is 51.9 Å². The molecule has 1 rings (SSSR count). The first kappa shape index (κ1) is 40.4. The van der Waals surface area contributed by atoms with E-state index in [0.717, 1.165) is 13.5 Å². The molecular formula is C30H47N6O11+. The van der Waals surface area contributed by atoms with Crippen LogP contribution < -0.4 is 27.0 Å². The van der Waals surface area contributed by atoms with Crippen molar-refractivity contribution in [3.05, 3.63) is 35.9 Å². The zero-order valence-electron chi connectivity index (χ0n) is 27.0. The lowest BCUT2D eigenvalue weighted by Gasteiger charge is -2.28. The van der Waals surface area contributed by atoms with E-state index in [-0.39, 0.29) is 12.8 Å². The van der Waals surface area contributed by atoms with Crippen LogP contribution in [0.5, 0.6) is 0 Å². The van der Waals surface area contributed by atoms with Crippen molar-refractivity contribution in [3.63, 3.8) is 0 Å². The van der Waals surface area contributed by atoms with Crippen LogP contribution in [0, 0.1) is 0 Å². The van der Waals surface area contributed by atoms with Crippen LogP contribution >= 0.6 is 0 Å². The molecule has 262 valence electrons. The van der Waals surface area contributed by atoms with Crippen molar-refractivity contribution in [2.45, 2.75) is 81.8 Å². The van der Waals surface area contributed by atoms with E-state index >= 15 is 0 Å². The summed E-state index contributed by atoms with van der Waals surface area (Å²) in [6.45, 7) is 1.87. The van der Waals surface area contributed by atoms with E-state index in [0.29, 0.717) is 22.9 Å². The Bertz CT molecular complexity index is 1250. The number of aliphatic hydroxyl groups is 1. The summed E-state index contributed by atoms with van der Waals surface area (Å²) in [6.07, 6.45) is -2.14. The molecule has 0 aromatic heterocycles. The minimum Gasteiger partial charge on any atom is -0.481 e. The molecule has 0 bridgehead atoms. The first-order chi connectivity index (χ1) is 21.8. The molecule has 0 saturated carbocycles. The highest BCUT2D eigenvalue weighted by Crippen LogP contribution is 2.09. The van der Waals surface area contributed by atoms with Crippen molar-refractivity contribution in [3.8, 4) is 0 Å². The lowest BCUT2D eigenvalue weighted by molar-refractivity contribution is -0.870. The normalized spacial score (nSPS) is 15.1. The van der Waals surface area contributed by atoms with Crippen LogP contribution in [-0.4, -0.2) is 130 Å². The number of amides is 4. The van der Waals surface area contributed by atoms with Crippen LogP contribution in [0.4, 0.5) is 0 Å². The fourth-order valence-corrected chi connectivity index (χ4v) is 4.39. The Morgan fingerprint density at radius 1 is 0.723 bits per heavy atom. The number of nitrogens with one attached hydrogen (secondary N) is 4. The molecule has 0 aliphatic carbocycles. The van der Waals surface area contributed by atoms with Crippen molar-refractivity contribution < 1.29 is 58.5 Å². The summed E-state index contributed by atoms with van der Waals surface area (Å²) in [7, 11) is 5.91. The number of nitrogens with zero attached hydrogens (tertiary/aromatic N) is 1. The Morgan fingerprint density at radius 2 is 1.26 bits per heavy atom.